The summed E-state index contributed by atoms with van der Waals surface area (Å²) < 4.78 is 13.7. The maximum atomic E-state index is 13.7. The molecule has 0 aliphatic heterocycles. The highest BCUT2D eigenvalue weighted by Crippen LogP contribution is 2.20. The second-order valence-corrected chi connectivity index (χ2v) is 5.85. The van der Waals surface area contributed by atoms with Crippen LogP contribution in [-0.2, 0) is 0 Å². The highest BCUT2D eigenvalue weighted by Gasteiger charge is 2.15. The zero-order valence-electron chi connectivity index (χ0n) is 13.7. The van der Waals surface area contributed by atoms with E-state index in [4.69, 9.17) is 5.11 Å². The molecule has 0 aliphatic rings. The Labute approximate surface area is 128 Å². The van der Waals surface area contributed by atoms with Gasteiger partial charge in [0, 0.05) is 31.8 Å². The quantitative estimate of drug-likeness (QED) is 0.735. The molecule has 2 N–H and O–H groups in total. The lowest BCUT2D eigenvalue weighted by Crippen LogP contribution is -2.35. The fourth-order valence-corrected chi connectivity index (χ4v) is 2.50. The molecular formula is C17H29FN2O. The van der Waals surface area contributed by atoms with E-state index in [1.807, 2.05) is 19.2 Å². The molecule has 0 spiro atoms. The van der Waals surface area contributed by atoms with Gasteiger partial charge in [-0.2, -0.15) is 0 Å². The molecule has 0 saturated carbocycles. The van der Waals surface area contributed by atoms with Crippen LogP contribution in [0.2, 0.25) is 0 Å². The highest BCUT2D eigenvalue weighted by atomic mass is 19.1. The SMILES string of the molecule is CNC(CCN(CCCO)C(C)C)c1ccc(C)c(F)c1. The van der Waals surface area contributed by atoms with Gasteiger partial charge in [-0.05, 0) is 57.9 Å². The van der Waals surface area contributed by atoms with Crippen LogP contribution in [0.4, 0.5) is 4.39 Å². The van der Waals surface area contributed by atoms with Crippen LogP contribution in [0, 0.1) is 12.7 Å². The number of hydrogen-bond donors (Lipinski definition) is 2. The summed E-state index contributed by atoms with van der Waals surface area (Å²) in [5, 5.41) is 12.2. The molecule has 0 heterocycles. The molecule has 1 aromatic rings. The molecule has 3 nitrogen and oxygen atoms in total. The van der Waals surface area contributed by atoms with Crippen LogP contribution in [0.25, 0.3) is 0 Å². The van der Waals surface area contributed by atoms with E-state index in [0.29, 0.717) is 11.6 Å². The zero-order valence-corrected chi connectivity index (χ0v) is 13.7. The van der Waals surface area contributed by atoms with Crippen molar-refractivity contribution in [2.45, 2.75) is 45.7 Å². The summed E-state index contributed by atoms with van der Waals surface area (Å²) in [6, 6.07) is 6.05. The minimum atomic E-state index is -0.145. The highest BCUT2D eigenvalue weighted by molar-refractivity contribution is 5.25. The number of nitrogens with one attached hydrogen (secondary N) is 1. The predicted molar refractivity (Wildman–Crippen MR) is 86.0 cm³/mol. The minimum absolute atomic E-state index is 0.145. The van der Waals surface area contributed by atoms with E-state index in [1.165, 1.54) is 0 Å². The summed E-state index contributed by atoms with van der Waals surface area (Å²) in [4.78, 5) is 2.35. The molecule has 120 valence electrons. The van der Waals surface area contributed by atoms with Crippen molar-refractivity contribution in [3.8, 4) is 0 Å². The van der Waals surface area contributed by atoms with Gasteiger partial charge in [-0.25, -0.2) is 4.39 Å². The lowest BCUT2D eigenvalue weighted by atomic mass is 10.0. The van der Waals surface area contributed by atoms with Crippen LogP contribution in [0.3, 0.4) is 0 Å². The van der Waals surface area contributed by atoms with Crippen molar-refractivity contribution >= 4 is 0 Å². The Bertz CT molecular complexity index is 423. The number of benzene rings is 1. The topological polar surface area (TPSA) is 35.5 Å². The summed E-state index contributed by atoms with van der Waals surface area (Å²) in [6.45, 7) is 8.16. The standard InChI is InChI=1S/C17H29FN2O/c1-13(2)20(9-5-11-21)10-8-17(19-4)15-7-6-14(3)16(18)12-15/h6-7,12-13,17,19,21H,5,8-11H2,1-4H3. The van der Waals surface area contributed by atoms with Crippen LogP contribution in [-0.4, -0.2) is 42.8 Å². The van der Waals surface area contributed by atoms with Crippen LogP contribution < -0.4 is 5.32 Å². The third kappa shape index (κ3) is 5.73. The summed E-state index contributed by atoms with van der Waals surface area (Å²) in [7, 11) is 1.91. The van der Waals surface area contributed by atoms with Crippen LogP contribution in [0.15, 0.2) is 18.2 Å². The minimum Gasteiger partial charge on any atom is -0.396 e. The van der Waals surface area contributed by atoms with E-state index in [1.54, 1.807) is 13.0 Å². The molecule has 0 fully saturated rings. The van der Waals surface area contributed by atoms with Gasteiger partial charge < -0.3 is 15.3 Å². The Balaban J connectivity index is 2.65. The van der Waals surface area contributed by atoms with E-state index in [9.17, 15) is 4.39 Å². The third-order valence-corrected chi connectivity index (χ3v) is 3.99. The first-order valence-electron chi connectivity index (χ1n) is 7.77. The number of halogens is 1. The average Bonchev–Trinajstić information content (AvgIpc) is 2.45. The first-order valence-corrected chi connectivity index (χ1v) is 7.77. The average molecular weight is 296 g/mol. The number of rotatable bonds is 9. The molecule has 0 saturated heterocycles. The summed E-state index contributed by atoms with van der Waals surface area (Å²) in [6.07, 6.45) is 1.71. The molecule has 0 radical (unpaired) electrons. The van der Waals surface area contributed by atoms with Gasteiger partial charge in [0.15, 0.2) is 0 Å². The molecule has 1 atom stereocenters. The van der Waals surface area contributed by atoms with E-state index >= 15 is 0 Å². The van der Waals surface area contributed by atoms with E-state index in [2.05, 4.69) is 24.1 Å². The Morgan fingerprint density at radius 3 is 2.52 bits per heavy atom. The van der Waals surface area contributed by atoms with Gasteiger partial charge in [0.1, 0.15) is 5.82 Å². The monoisotopic (exact) mass is 296 g/mol. The van der Waals surface area contributed by atoms with E-state index < -0.39 is 0 Å². The van der Waals surface area contributed by atoms with Gasteiger partial charge in [-0.1, -0.05) is 12.1 Å². The normalized spacial score (nSPS) is 13.1. The van der Waals surface area contributed by atoms with Gasteiger partial charge in [0.25, 0.3) is 0 Å². The Morgan fingerprint density at radius 2 is 2.00 bits per heavy atom. The number of aliphatic hydroxyl groups excluding tert-OH is 1. The molecule has 0 aromatic heterocycles. The van der Waals surface area contributed by atoms with Crippen molar-refractivity contribution in [1.82, 2.24) is 10.2 Å². The maximum Gasteiger partial charge on any atom is 0.126 e. The van der Waals surface area contributed by atoms with Crippen LogP contribution in [0.1, 0.15) is 43.9 Å². The van der Waals surface area contributed by atoms with Crippen molar-refractivity contribution in [1.29, 1.82) is 0 Å². The molecule has 0 amide bonds. The third-order valence-electron chi connectivity index (χ3n) is 3.99. The molecule has 1 rings (SSSR count). The smallest absolute Gasteiger partial charge is 0.126 e. The molecule has 0 aliphatic carbocycles. The van der Waals surface area contributed by atoms with Crippen molar-refractivity contribution < 1.29 is 9.50 Å². The van der Waals surface area contributed by atoms with Crippen LogP contribution >= 0.6 is 0 Å². The van der Waals surface area contributed by atoms with Gasteiger partial charge in [0.2, 0.25) is 0 Å². The molecule has 4 heteroatoms. The largest absolute Gasteiger partial charge is 0.396 e. The lowest BCUT2D eigenvalue weighted by molar-refractivity contribution is 0.184. The Hall–Kier alpha value is -0.970. The number of aliphatic hydroxyl groups is 1. The van der Waals surface area contributed by atoms with Crippen molar-refractivity contribution in [2.75, 3.05) is 26.7 Å². The fourth-order valence-electron chi connectivity index (χ4n) is 2.50. The summed E-state index contributed by atoms with van der Waals surface area (Å²) >= 11 is 0. The van der Waals surface area contributed by atoms with Gasteiger partial charge in [-0.15, -0.1) is 0 Å². The first kappa shape index (κ1) is 18.1. The number of nitrogens with zero attached hydrogens (tertiary/aromatic N) is 1. The number of hydrogen-bond acceptors (Lipinski definition) is 3. The van der Waals surface area contributed by atoms with Crippen molar-refractivity contribution in [3.05, 3.63) is 35.1 Å². The molecule has 21 heavy (non-hydrogen) atoms. The maximum absolute atomic E-state index is 13.7. The second kappa shape index (κ2) is 9.13. The van der Waals surface area contributed by atoms with Gasteiger partial charge in [0.05, 0.1) is 0 Å². The molecule has 1 aromatic carbocycles. The van der Waals surface area contributed by atoms with Gasteiger partial charge >= 0.3 is 0 Å². The fraction of sp³-hybridized carbons (Fsp3) is 0.647. The van der Waals surface area contributed by atoms with Crippen molar-refractivity contribution in [2.24, 2.45) is 0 Å². The van der Waals surface area contributed by atoms with E-state index in [-0.39, 0.29) is 18.5 Å². The number of aryl methyl sites for hydroxylation is 1. The first-order chi connectivity index (χ1) is 9.99. The predicted octanol–water partition coefficient (Wildman–Crippen LogP) is 2.88. The summed E-state index contributed by atoms with van der Waals surface area (Å²) in [5.41, 5.74) is 1.67. The Kier molecular flexibility index (Phi) is 7.86. The Morgan fingerprint density at radius 1 is 1.29 bits per heavy atom. The van der Waals surface area contributed by atoms with Gasteiger partial charge in [-0.3, -0.25) is 0 Å². The van der Waals surface area contributed by atoms with E-state index in [0.717, 1.165) is 31.5 Å². The second-order valence-electron chi connectivity index (χ2n) is 5.85. The zero-order chi connectivity index (χ0) is 15.8. The van der Waals surface area contributed by atoms with Crippen LogP contribution in [0.5, 0.6) is 0 Å². The molecule has 0 bridgehead atoms. The molecular weight excluding hydrogens is 267 g/mol. The van der Waals surface area contributed by atoms with Crippen molar-refractivity contribution in [3.63, 3.8) is 0 Å². The summed E-state index contributed by atoms with van der Waals surface area (Å²) in [5.74, 6) is -0.145. The molecule has 1 unspecified atom stereocenters. The lowest BCUT2D eigenvalue weighted by Gasteiger charge is -2.28.